The van der Waals surface area contributed by atoms with Crippen molar-refractivity contribution in [3.05, 3.63) is 107 Å². The van der Waals surface area contributed by atoms with Gasteiger partial charge in [-0.2, -0.15) is 0 Å². The summed E-state index contributed by atoms with van der Waals surface area (Å²) in [7, 11) is 0. The molecule has 0 aliphatic carbocycles. The minimum Gasteiger partial charge on any atom is -0.361 e. The lowest BCUT2D eigenvalue weighted by Gasteiger charge is -2.30. The van der Waals surface area contributed by atoms with Gasteiger partial charge in [-0.15, -0.1) is 0 Å². The third kappa shape index (κ3) is 6.00. The summed E-state index contributed by atoms with van der Waals surface area (Å²) in [6, 6.07) is 21.6. The number of carbonyl (C=O) groups is 2. The predicted molar refractivity (Wildman–Crippen MR) is 141 cm³/mol. The average Bonchev–Trinajstić information content (AvgIpc) is 3.28. The Hall–Kier alpha value is -3.93. The number of H-pyrrole nitrogens is 1. The number of carbonyl (C=O) groups excluding carboxylic acids is 2. The van der Waals surface area contributed by atoms with Crippen molar-refractivity contribution in [1.82, 2.24) is 14.8 Å². The van der Waals surface area contributed by atoms with Gasteiger partial charge in [0.25, 0.3) is 5.91 Å². The molecule has 5 nitrogen and oxygen atoms in total. The van der Waals surface area contributed by atoms with Gasteiger partial charge in [-0.25, -0.2) is 4.39 Å². The number of aromatic nitrogens is 1. The number of aryl methyl sites for hydroxylation is 1. The maximum Gasteiger partial charge on any atom is 0.254 e. The Morgan fingerprint density at radius 3 is 2.44 bits per heavy atom. The molecule has 0 aliphatic rings. The van der Waals surface area contributed by atoms with Crippen molar-refractivity contribution in [1.29, 1.82) is 0 Å². The van der Waals surface area contributed by atoms with E-state index in [2.05, 4.69) is 11.1 Å². The van der Waals surface area contributed by atoms with Gasteiger partial charge in [-0.05, 0) is 62.6 Å². The third-order valence-corrected chi connectivity index (χ3v) is 6.43. The zero-order chi connectivity index (χ0) is 25.7. The Morgan fingerprint density at radius 2 is 1.72 bits per heavy atom. The summed E-state index contributed by atoms with van der Waals surface area (Å²) in [6.07, 6.45) is 2.67. The van der Waals surface area contributed by atoms with Crippen molar-refractivity contribution in [3.8, 4) is 0 Å². The van der Waals surface area contributed by atoms with Crippen molar-refractivity contribution in [2.75, 3.05) is 13.1 Å². The largest absolute Gasteiger partial charge is 0.361 e. The number of para-hydroxylation sites is 1. The molecule has 0 fully saturated rings. The highest BCUT2D eigenvalue weighted by atomic mass is 19.1. The number of halogens is 1. The van der Waals surface area contributed by atoms with Crippen molar-refractivity contribution in [3.63, 3.8) is 0 Å². The maximum absolute atomic E-state index is 13.8. The number of hydrogen-bond donors (Lipinski definition) is 1. The second kappa shape index (κ2) is 11.2. The highest BCUT2D eigenvalue weighted by molar-refractivity contribution is 5.96. The predicted octanol–water partition coefficient (Wildman–Crippen LogP) is 5.74. The Labute approximate surface area is 211 Å². The van der Waals surface area contributed by atoms with Crippen LogP contribution in [0.25, 0.3) is 10.9 Å². The van der Waals surface area contributed by atoms with E-state index in [4.69, 9.17) is 0 Å². The van der Waals surface area contributed by atoms with Crippen molar-refractivity contribution < 1.29 is 14.0 Å². The number of hydrogen-bond acceptors (Lipinski definition) is 2. The molecular weight excluding hydrogens is 453 g/mol. The fraction of sp³-hybridized carbons (Fsp3) is 0.267. The minimum atomic E-state index is -0.476. The van der Waals surface area contributed by atoms with Crippen LogP contribution >= 0.6 is 0 Å². The summed E-state index contributed by atoms with van der Waals surface area (Å²) in [5.74, 6) is -0.978. The first kappa shape index (κ1) is 25.2. The summed E-state index contributed by atoms with van der Waals surface area (Å²) in [5.41, 5.74) is 4.63. The van der Waals surface area contributed by atoms with Crippen LogP contribution < -0.4 is 0 Å². The molecule has 0 saturated carbocycles. The van der Waals surface area contributed by atoms with Gasteiger partial charge in [-0.1, -0.05) is 54.1 Å². The topological polar surface area (TPSA) is 56.4 Å². The number of rotatable bonds is 9. The number of nitrogens with one attached hydrogen (secondary N) is 1. The molecule has 0 spiro atoms. The molecule has 4 rings (SSSR count). The first-order valence-corrected chi connectivity index (χ1v) is 12.3. The normalized spacial score (nSPS) is 11.1. The summed E-state index contributed by atoms with van der Waals surface area (Å²) in [4.78, 5) is 33.4. The molecule has 0 bridgehead atoms. The van der Waals surface area contributed by atoms with Crippen LogP contribution in [0.15, 0.2) is 79.0 Å². The van der Waals surface area contributed by atoms with Gasteiger partial charge in [0.1, 0.15) is 12.4 Å². The monoisotopic (exact) mass is 485 g/mol. The standard InChI is InChI=1S/C30H32FN3O2/c1-21(2)34(30(36)24-7-6-8-26(31)17-24)20-29(35)33(19-23-13-11-22(3)12-14-23)16-15-25-18-32-28-10-5-4-9-27(25)28/h4-14,17-18,21,32H,15-16,19-20H2,1-3H3. The van der Waals surface area contributed by atoms with Gasteiger partial charge < -0.3 is 14.8 Å². The van der Waals surface area contributed by atoms with Gasteiger partial charge in [0.2, 0.25) is 5.91 Å². The molecule has 0 saturated heterocycles. The molecule has 0 aliphatic heterocycles. The average molecular weight is 486 g/mol. The van der Waals surface area contributed by atoms with E-state index < -0.39 is 5.82 Å². The van der Waals surface area contributed by atoms with Gasteiger partial charge in [-0.3, -0.25) is 9.59 Å². The molecule has 1 N–H and O–H groups in total. The van der Waals surface area contributed by atoms with Crippen LogP contribution in [0, 0.1) is 12.7 Å². The molecule has 1 aromatic heterocycles. The smallest absolute Gasteiger partial charge is 0.254 e. The van der Waals surface area contributed by atoms with Crippen molar-refractivity contribution in [2.45, 2.75) is 39.8 Å². The van der Waals surface area contributed by atoms with E-state index in [1.807, 2.05) is 69.4 Å². The molecular formula is C30H32FN3O2. The summed E-state index contributed by atoms with van der Waals surface area (Å²) < 4.78 is 13.8. The van der Waals surface area contributed by atoms with E-state index in [9.17, 15) is 14.0 Å². The van der Waals surface area contributed by atoms with E-state index in [1.54, 1.807) is 11.0 Å². The van der Waals surface area contributed by atoms with Crippen LogP contribution in [0.4, 0.5) is 4.39 Å². The van der Waals surface area contributed by atoms with E-state index in [0.29, 0.717) is 19.5 Å². The Morgan fingerprint density at radius 1 is 0.972 bits per heavy atom. The Bertz CT molecular complexity index is 1340. The lowest BCUT2D eigenvalue weighted by atomic mass is 10.1. The van der Waals surface area contributed by atoms with Crippen LogP contribution in [0.3, 0.4) is 0 Å². The highest BCUT2D eigenvalue weighted by Gasteiger charge is 2.25. The minimum absolute atomic E-state index is 0.0766. The first-order valence-electron chi connectivity index (χ1n) is 12.3. The SMILES string of the molecule is Cc1ccc(CN(CCc2c[nH]c3ccccc23)C(=O)CN(C(=O)c2cccc(F)c2)C(C)C)cc1. The van der Waals surface area contributed by atoms with Crippen LogP contribution in [0.5, 0.6) is 0 Å². The second-order valence-electron chi connectivity index (χ2n) is 9.45. The van der Waals surface area contributed by atoms with Crippen LogP contribution in [0.1, 0.15) is 40.9 Å². The van der Waals surface area contributed by atoms with Crippen molar-refractivity contribution in [2.24, 2.45) is 0 Å². The molecule has 0 atom stereocenters. The molecule has 0 unspecified atom stereocenters. The van der Waals surface area contributed by atoms with Gasteiger partial charge >= 0.3 is 0 Å². The van der Waals surface area contributed by atoms with E-state index in [1.165, 1.54) is 23.1 Å². The molecule has 186 valence electrons. The summed E-state index contributed by atoms with van der Waals surface area (Å²) in [5, 5.41) is 1.14. The number of aromatic amines is 1. The maximum atomic E-state index is 13.8. The number of fused-ring (bicyclic) bond motifs is 1. The van der Waals surface area contributed by atoms with Gasteiger partial charge in [0, 0.05) is 41.8 Å². The quantitative estimate of drug-likeness (QED) is 0.329. The first-order chi connectivity index (χ1) is 17.3. The van der Waals surface area contributed by atoms with E-state index in [0.717, 1.165) is 27.6 Å². The zero-order valence-electron chi connectivity index (χ0n) is 21.0. The second-order valence-corrected chi connectivity index (χ2v) is 9.45. The molecule has 6 heteroatoms. The third-order valence-electron chi connectivity index (χ3n) is 6.43. The van der Waals surface area contributed by atoms with Crippen molar-refractivity contribution >= 4 is 22.7 Å². The summed E-state index contributed by atoms with van der Waals surface area (Å²) in [6.45, 7) is 6.63. The Balaban J connectivity index is 1.55. The van der Waals surface area contributed by atoms with Gasteiger partial charge in [0.05, 0.1) is 0 Å². The molecule has 0 radical (unpaired) electrons. The fourth-order valence-electron chi connectivity index (χ4n) is 4.32. The molecule has 2 amide bonds. The number of nitrogens with zero attached hydrogens (tertiary/aromatic N) is 2. The fourth-order valence-corrected chi connectivity index (χ4v) is 4.32. The molecule has 4 aromatic rings. The van der Waals surface area contributed by atoms with Gasteiger partial charge in [0.15, 0.2) is 0 Å². The number of amides is 2. The Kier molecular flexibility index (Phi) is 7.84. The van der Waals surface area contributed by atoms with Crippen LogP contribution in [-0.2, 0) is 17.8 Å². The van der Waals surface area contributed by atoms with Crippen LogP contribution in [-0.4, -0.2) is 45.7 Å². The molecule has 3 aromatic carbocycles. The summed E-state index contributed by atoms with van der Waals surface area (Å²) >= 11 is 0. The molecule has 1 heterocycles. The highest BCUT2D eigenvalue weighted by Crippen LogP contribution is 2.19. The molecule has 36 heavy (non-hydrogen) atoms. The zero-order valence-corrected chi connectivity index (χ0v) is 21.0. The van der Waals surface area contributed by atoms with Crippen LogP contribution in [0.2, 0.25) is 0 Å². The lowest BCUT2D eigenvalue weighted by Crippen LogP contribution is -2.46. The number of benzene rings is 3. The lowest BCUT2D eigenvalue weighted by molar-refractivity contribution is -0.132. The van der Waals surface area contributed by atoms with E-state index in [-0.39, 0.29) is 30.0 Å². The van der Waals surface area contributed by atoms with E-state index >= 15 is 0 Å².